The van der Waals surface area contributed by atoms with Crippen molar-refractivity contribution in [3.8, 4) is 16.5 Å². The van der Waals surface area contributed by atoms with Crippen molar-refractivity contribution in [3.05, 3.63) is 69.8 Å². The zero-order valence-electron chi connectivity index (χ0n) is 23.5. The lowest BCUT2D eigenvalue weighted by molar-refractivity contribution is 0.0695. The van der Waals surface area contributed by atoms with Crippen LogP contribution in [0.25, 0.3) is 16.0 Å². The fourth-order valence-electron chi connectivity index (χ4n) is 3.94. The van der Waals surface area contributed by atoms with Crippen LogP contribution in [-0.4, -0.2) is 43.6 Å². The van der Waals surface area contributed by atoms with Crippen LogP contribution in [0.4, 0.5) is 0 Å². The van der Waals surface area contributed by atoms with Crippen LogP contribution in [0, 0.1) is 0 Å². The van der Waals surface area contributed by atoms with Gasteiger partial charge in [0, 0.05) is 17.9 Å². The second kappa shape index (κ2) is 10.8. The van der Waals surface area contributed by atoms with E-state index in [4.69, 9.17) is 20.8 Å². The maximum Gasteiger partial charge on any atom is 0.349 e. The molecule has 0 aliphatic carbocycles. The molecule has 2 aromatic carbocycles. The molecule has 0 amide bonds. The third-order valence-corrected chi connectivity index (χ3v) is 13.8. The van der Waals surface area contributed by atoms with Crippen molar-refractivity contribution in [2.75, 3.05) is 6.26 Å². The van der Waals surface area contributed by atoms with Gasteiger partial charge >= 0.3 is 5.97 Å². The largest absolute Gasteiger partial charge is 0.542 e. The SMILES string of the molecule is C[C@@H](Oc1cc(-n2cnc3ccc(CS(C)(=O)=O)cc32)sc1C(=O)O)c1cccc(O[Si](C)(C)C(C)(C)C)c1Cl. The van der Waals surface area contributed by atoms with Crippen LogP contribution in [0.5, 0.6) is 11.5 Å². The summed E-state index contributed by atoms with van der Waals surface area (Å²) in [5, 5.41) is 10.9. The normalized spacial score (nSPS) is 13.4. The Hall–Kier alpha value is -2.86. The zero-order valence-corrected chi connectivity index (χ0v) is 26.9. The Labute approximate surface area is 244 Å². The van der Waals surface area contributed by atoms with Gasteiger partial charge in [-0.1, -0.05) is 50.6 Å². The number of aromatic carboxylic acids is 1. The number of hydrogen-bond donors (Lipinski definition) is 1. The van der Waals surface area contributed by atoms with E-state index < -0.39 is 30.2 Å². The van der Waals surface area contributed by atoms with Crippen molar-refractivity contribution in [3.63, 3.8) is 0 Å². The van der Waals surface area contributed by atoms with Crippen molar-refractivity contribution in [1.82, 2.24) is 9.55 Å². The fraction of sp³-hybridized carbons (Fsp3) is 0.357. The molecule has 1 N–H and O–H groups in total. The maximum atomic E-state index is 12.2. The average Bonchev–Trinajstić information content (AvgIpc) is 3.42. The monoisotopic (exact) mass is 620 g/mol. The average molecular weight is 621 g/mol. The fourth-order valence-corrected chi connectivity index (χ4v) is 7.05. The lowest BCUT2D eigenvalue weighted by Crippen LogP contribution is -2.44. The number of nitrogens with zero attached hydrogens (tertiary/aromatic N) is 2. The molecule has 0 aliphatic heterocycles. The highest BCUT2D eigenvalue weighted by atomic mass is 35.5. The minimum atomic E-state index is -3.23. The Balaban J connectivity index is 1.67. The summed E-state index contributed by atoms with van der Waals surface area (Å²) in [5.74, 6) is -0.452. The summed E-state index contributed by atoms with van der Waals surface area (Å²) in [4.78, 5) is 16.6. The van der Waals surface area contributed by atoms with E-state index in [0.717, 1.165) is 11.3 Å². The van der Waals surface area contributed by atoms with E-state index in [9.17, 15) is 18.3 Å². The highest BCUT2D eigenvalue weighted by molar-refractivity contribution is 7.89. The lowest BCUT2D eigenvalue weighted by atomic mass is 10.1. The maximum absolute atomic E-state index is 12.2. The molecule has 0 bridgehead atoms. The molecule has 4 rings (SSSR count). The number of carboxylic acids is 1. The number of ether oxygens (including phenoxy) is 1. The molecule has 0 aliphatic rings. The highest BCUT2D eigenvalue weighted by Crippen LogP contribution is 2.42. The third-order valence-electron chi connectivity index (χ3n) is 7.06. The first-order valence-corrected chi connectivity index (χ1v) is 18.8. The standard InChI is InChI=1S/C28H33ClN2O6S2Si/c1-17(19-9-8-10-22(25(19)29)37-40(6,7)28(2,3)4)36-23-14-24(38-26(23)27(32)33)31-16-30-20-12-11-18(13-21(20)31)15-39(5,34)35/h8-14,16-17H,15H2,1-7H3,(H,32,33)/t17-/m1/s1. The Morgan fingerprint density at radius 2 is 1.88 bits per heavy atom. The number of sulfone groups is 1. The summed E-state index contributed by atoms with van der Waals surface area (Å²) in [6.07, 6.45) is 2.19. The van der Waals surface area contributed by atoms with Crippen LogP contribution < -0.4 is 9.16 Å². The van der Waals surface area contributed by atoms with Gasteiger partial charge in [-0.05, 0) is 48.8 Å². The van der Waals surface area contributed by atoms with Gasteiger partial charge in [-0.2, -0.15) is 0 Å². The van der Waals surface area contributed by atoms with Crippen molar-refractivity contribution in [2.24, 2.45) is 0 Å². The Kier molecular flexibility index (Phi) is 8.16. The van der Waals surface area contributed by atoms with Gasteiger partial charge in [0.2, 0.25) is 0 Å². The van der Waals surface area contributed by atoms with Gasteiger partial charge in [0.1, 0.15) is 28.9 Å². The summed E-state index contributed by atoms with van der Waals surface area (Å²) >= 11 is 7.83. The summed E-state index contributed by atoms with van der Waals surface area (Å²) in [7, 11) is -5.37. The molecule has 2 heterocycles. The van der Waals surface area contributed by atoms with Gasteiger partial charge in [-0.15, -0.1) is 11.3 Å². The first kappa shape index (κ1) is 30.1. The van der Waals surface area contributed by atoms with Crippen molar-refractivity contribution < 1.29 is 27.5 Å². The number of thiophene rings is 1. The molecule has 0 unspecified atom stereocenters. The molecule has 4 aromatic rings. The third kappa shape index (κ3) is 6.38. The molecule has 40 heavy (non-hydrogen) atoms. The molecular weight excluding hydrogens is 588 g/mol. The Morgan fingerprint density at radius 1 is 1.18 bits per heavy atom. The quantitative estimate of drug-likeness (QED) is 0.193. The number of benzene rings is 2. The van der Waals surface area contributed by atoms with Crippen LogP contribution in [-0.2, 0) is 15.6 Å². The minimum Gasteiger partial charge on any atom is -0.542 e. The van der Waals surface area contributed by atoms with Gasteiger partial charge in [0.15, 0.2) is 14.7 Å². The van der Waals surface area contributed by atoms with Crippen molar-refractivity contribution >= 4 is 58.1 Å². The summed E-state index contributed by atoms with van der Waals surface area (Å²) < 4.78 is 38.0. The van der Waals surface area contributed by atoms with E-state index in [1.54, 1.807) is 35.2 Å². The first-order chi connectivity index (χ1) is 18.5. The number of carbonyl (C=O) groups is 1. The van der Waals surface area contributed by atoms with Crippen LogP contribution in [0.2, 0.25) is 23.2 Å². The molecule has 0 saturated carbocycles. The van der Waals surface area contributed by atoms with E-state index in [1.165, 1.54) is 6.26 Å². The number of hydrogen-bond acceptors (Lipinski definition) is 7. The number of rotatable bonds is 9. The minimum absolute atomic E-state index is 0.0129. The molecule has 0 saturated heterocycles. The predicted octanol–water partition coefficient (Wildman–Crippen LogP) is 7.51. The molecule has 8 nitrogen and oxygen atoms in total. The molecule has 2 aromatic heterocycles. The van der Waals surface area contributed by atoms with Gasteiger partial charge in [-0.25, -0.2) is 18.2 Å². The van der Waals surface area contributed by atoms with E-state index in [-0.39, 0.29) is 21.4 Å². The van der Waals surface area contributed by atoms with E-state index in [0.29, 0.717) is 37.9 Å². The molecule has 0 radical (unpaired) electrons. The molecule has 12 heteroatoms. The second-order valence-electron chi connectivity index (χ2n) is 11.4. The first-order valence-electron chi connectivity index (χ1n) is 12.6. The van der Waals surface area contributed by atoms with E-state index in [2.05, 4.69) is 38.8 Å². The summed E-state index contributed by atoms with van der Waals surface area (Å²) in [6, 6.07) is 12.4. The van der Waals surface area contributed by atoms with E-state index >= 15 is 0 Å². The van der Waals surface area contributed by atoms with Gasteiger partial charge < -0.3 is 14.3 Å². The number of imidazole rings is 1. The van der Waals surface area contributed by atoms with Crippen LogP contribution >= 0.6 is 22.9 Å². The van der Waals surface area contributed by atoms with Gasteiger partial charge in [-0.3, -0.25) is 4.57 Å². The van der Waals surface area contributed by atoms with Gasteiger partial charge in [0.05, 0.1) is 21.8 Å². The second-order valence-corrected chi connectivity index (χ2v) is 19.6. The number of halogens is 1. The Bertz CT molecular complexity index is 1690. The number of fused-ring (bicyclic) bond motifs is 1. The van der Waals surface area contributed by atoms with Crippen LogP contribution in [0.1, 0.15) is 54.6 Å². The molecule has 0 fully saturated rings. The smallest absolute Gasteiger partial charge is 0.349 e. The molecule has 1 atom stereocenters. The molecule has 214 valence electrons. The van der Waals surface area contributed by atoms with Gasteiger partial charge in [0.25, 0.3) is 8.32 Å². The van der Waals surface area contributed by atoms with E-state index in [1.807, 2.05) is 25.1 Å². The summed E-state index contributed by atoms with van der Waals surface area (Å²) in [5.41, 5.74) is 2.62. The molecular formula is C28H33ClN2O6S2Si. The van der Waals surface area contributed by atoms with Crippen LogP contribution in [0.15, 0.2) is 48.8 Å². The highest BCUT2D eigenvalue weighted by Gasteiger charge is 2.39. The van der Waals surface area contributed by atoms with Crippen molar-refractivity contribution in [2.45, 2.75) is 57.7 Å². The lowest BCUT2D eigenvalue weighted by Gasteiger charge is -2.37. The predicted molar refractivity (Wildman–Crippen MR) is 163 cm³/mol. The Morgan fingerprint density at radius 3 is 2.50 bits per heavy atom. The molecule has 0 spiro atoms. The topological polar surface area (TPSA) is 108 Å². The van der Waals surface area contributed by atoms with Crippen molar-refractivity contribution in [1.29, 1.82) is 0 Å². The number of aromatic nitrogens is 2. The zero-order chi connectivity index (χ0) is 29.6. The number of carboxylic acid groups (broad SMARTS) is 1. The van der Waals surface area contributed by atoms with Crippen LogP contribution in [0.3, 0.4) is 0 Å². The summed E-state index contributed by atoms with van der Waals surface area (Å²) in [6.45, 7) is 12.6.